The van der Waals surface area contributed by atoms with Gasteiger partial charge in [-0.1, -0.05) is 18.2 Å². The maximum atomic E-state index is 12.4. The van der Waals surface area contributed by atoms with Crippen LogP contribution in [0.2, 0.25) is 0 Å². The molecule has 0 aliphatic carbocycles. The van der Waals surface area contributed by atoms with Crippen molar-refractivity contribution < 1.29 is 22.8 Å². The Morgan fingerprint density at radius 2 is 1.92 bits per heavy atom. The number of likely N-dealkylation sites (N-methyl/N-ethyl adjacent to an activating group) is 1. The van der Waals surface area contributed by atoms with Crippen molar-refractivity contribution in [3.8, 4) is 0 Å². The van der Waals surface area contributed by atoms with E-state index in [1.165, 1.54) is 11.9 Å². The second-order valence-electron chi connectivity index (χ2n) is 5.76. The van der Waals surface area contributed by atoms with Crippen LogP contribution in [-0.4, -0.2) is 48.2 Å². The summed E-state index contributed by atoms with van der Waals surface area (Å²) in [7, 11) is 1.64. The molecule has 6 nitrogen and oxygen atoms in total. The molecule has 0 aromatic heterocycles. The van der Waals surface area contributed by atoms with Gasteiger partial charge < -0.3 is 11.1 Å². The third-order valence-electron chi connectivity index (χ3n) is 3.93. The van der Waals surface area contributed by atoms with E-state index < -0.39 is 30.2 Å². The van der Waals surface area contributed by atoms with Gasteiger partial charge in [-0.3, -0.25) is 9.59 Å². The number of carbonyl (C=O) groups is 2. The Morgan fingerprint density at radius 3 is 2.46 bits per heavy atom. The smallest absolute Gasteiger partial charge is 0.346 e. The predicted molar refractivity (Wildman–Crippen MR) is 81.7 cm³/mol. The Bertz CT molecular complexity index is 608. The van der Waals surface area contributed by atoms with Crippen LogP contribution >= 0.6 is 0 Å². The number of hydrogen-bond donors (Lipinski definition) is 2. The summed E-state index contributed by atoms with van der Waals surface area (Å²) in [5.41, 5.74) is 6.56. The lowest BCUT2D eigenvalue weighted by molar-refractivity contribution is -0.174. The number of nitrogens with zero attached hydrogens (tertiary/aromatic N) is 2. The Hall–Kier alpha value is -2.13. The van der Waals surface area contributed by atoms with E-state index in [2.05, 4.69) is 0 Å². The molecule has 9 heteroatoms. The number of hydrazine groups is 1. The van der Waals surface area contributed by atoms with Crippen molar-refractivity contribution in [2.75, 3.05) is 12.1 Å². The zero-order valence-electron chi connectivity index (χ0n) is 13.2. The van der Waals surface area contributed by atoms with Gasteiger partial charge in [0, 0.05) is 13.1 Å². The van der Waals surface area contributed by atoms with Crippen LogP contribution in [-0.2, 0) is 9.59 Å². The van der Waals surface area contributed by atoms with E-state index in [9.17, 15) is 22.8 Å². The van der Waals surface area contributed by atoms with Gasteiger partial charge >= 0.3 is 12.1 Å². The van der Waals surface area contributed by atoms with Crippen molar-refractivity contribution in [3.63, 3.8) is 0 Å². The first-order valence-electron chi connectivity index (χ1n) is 7.38. The molecule has 24 heavy (non-hydrogen) atoms. The summed E-state index contributed by atoms with van der Waals surface area (Å²) >= 11 is 0. The van der Waals surface area contributed by atoms with Crippen molar-refractivity contribution >= 4 is 17.5 Å². The molecule has 1 aliphatic rings. The molecular formula is C15H19F3N4O2. The molecule has 0 spiro atoms. The molecule has 0 saturated carbocycles. The Kier molecular flexibility index (Phi) is 5.14. The summed E-state index contributed by atoms with van der Waals surface area (Å²) in [6, 6.07) is 6.60. The van der Waals surface area contributed by atoms with E-state index in [-0.39, 0.29) is 12.3 Å². The van der Waals surface area contributed by atoms with Crippen LogP contribution in [0.3, 0.4) is 0 Å². The van der Waals surface area contributed by atoms with Crippen LogP contribution in [0.25, 0.3) is 0 Å². The van der Waals surface area contributed by atoms with Crippen molar-refractivity contribution in [1.29, 1.82) is 0 Å². The molecule has 1 aliphatic heterocycles. The Balaban J connectivity index is 2.08. The molecule has 1 heterocycles. The number of hydrogen-bond acceptors (Lipinski definition) is 4. The molecule has 3 atom stereocenters. The standard InChI is InChI=1S/C15H19F3N4O2/c1-9(20-14(24)15(16,17)18)8-11-12(19)13(23)22(21(11)2)10-6-4-3-5-7-10/h3-7,9,11-12H,8,19H2,1-2H3,(H,20,24)/t9-,11?,12?/m0/s1. The number of anilines is 1. The van der Waals surface area contributed by atoms with Crippen molar-refractivity contribution in [2.45, 2.75) is 37.6 Å². The summed E-state index contributed by atoms with van der Waals surface area (Å²) in [6.45, 7) is 1.44. The molecule has 0 bridgehead atoms. The molecule has 2 unspecified atom stereocenters. The molecular weight excluding hydrogens is 325 g/mol. The van der Waals surface area contributed by atoms with Gasteiger partial charge in [-0.2, -0.15) is 13.2 Å². The molecule has 1 aromatic carbocycles. The largest absolute Gasteiger partial charge is 0.471 e. The third kappa shape index (κ3) is 3.68. The number of benzene rings is 1. The Labute approximate surface area is 137 Å². The number of halogens is 3. The van der Waals surface area contributed by atoms with E-state index in [0.29, 0.717) is 5.69 Å². The van der Waals surface area contributed by atoms with Crippen molar-refractivity contribution in [1.82, 2.24) is 10.3 Å². The lowest BCUT2D eigenvalue weighted by atomic mass is 10.0. The number of carbonyl (C=O) groups excluding carboxylic acids is 2. The molecule has 2 rings (SSSR count). The van der Waals surface area contributed by atoms with E-state index >= 15 is 0 Å². The Morgan fingerprint density at radius 1 is 1.33 bits per heavy atom. The first-order valence-corrected chi connectivity index (χ1v) is 7.38. The average molecular weight is 344 g/mol. The summed E-state index contributed by atoms with van der Waals surface area (Å²) in [5, 5.41) is 4.87. The summed E-state index contributed by atoms with van der Waals surface area (Å²) in [4.78, 5) is 23.4. The number of para-hydroxylation sites is 1. The lowest BCUT2D eigenvalue weighted by Gasteiger charge is -2.29. The number of nitrogens with two attached hydrogens (primary N) is 1. The van der Waals surface area contributed by atoms with E-state index in [1.54, 1.807) is 42.4 Å². The third-order valence-corrected chi connectivity index (χ3v) is 3.93. The topological polar surface area (TPSA) is 78.7 Å². The lowest BCUT2D eigenvalue weighted by Crippen LogP contribution is -2.48. The molecule has 1 saturated heterocycles. The summed E-state index contributed by atoms with van der Waals surface area (Å²) in [6.07, 6.45) is -4.83. The first-order chi connectivity index (χ1) is 11.1. The van der Waals surface area contributed by atoms with Crippen LogP contribution in [0.4, 0.5) is 18.9 Å². The molecule has 0 radical (unpaired) electrons. The van der Waals surface area contributed by atoms with Crippen molar-refractivity contribution in [2.24, 2.45) is 5.73 Å². The first kappa shape index (κ1) is 18.2. The highest BCUT2D eigenvalue weighted by atomic mass is 19.4. The monoisotopic (exact) mass is 344 g/mol. The van der Waals surface area contributed by atoms with Crippen LogP contribution < -0.4 is 16.1 Å². The highest BCUT2D eigenvalue weighted by Gasteiger charge is 2.45. The van der Waals surface area contributed by atoms with Gasteiger partial charge in [0.05, 0.1) is 11.7 Å². The average Bonchev–Trinajstić information content (AvgIpc) is 2.71. The highest BCUT2D eigenvalue weighted by Crippen LogP contribution is 2.27. The van der Waals surface area contributed by atoms with E-state index in [0.717, 1.165) is 0 Å². The quantitative estimate of drug-likeness (QED) is 0.855. The minimum Gasteiger partial charge on any atom is -0.346 e. The van der Waals surface area contributed by atoms with Gasteiger partial charge in [0.15, 0.2) is 0 Å². The molecule has 3 N–H and O–H groups in total. The second kappa shape index (κ2) is 6.78. The van der Waals surface area contributed by atoms with Crippen LogP contribution in [0.5, 0.6) is 0 Å². The van der Waals surface area contributed by atoms with Gasteiger partial charge in [0.1, 0.15) is 6.04 Å². The molecule has 1 aromatic rings. The minimum atomic E-state index is -4.94. The van der Waals surface area contributed by atoms with Crippen LogP contribution in [0, 0.1) is 0 Å². The van der Waals surface area contributed by atoms with Gasteiger partial charge in [0.2, 0.25) is 0 Å². The molecule has 132 valence electrons. The maximum Gasteiger partial charge on any atom is 0.471 e. The number of amides is 2. The molecule has 1 fully saturated rings. The SMILES string of the molecule is C[C@@H](CC1C(N)C(=O)N(c2ccccc2)N1C)NC(=O)C(F)(F)F. The van der Waals surface area contributed by atoms with Gasteiger partial charge in [0.25, 0.3) is 5.91 Å². The second-order valence-corrected chi connectivity index (χ2v) is 5.76. The van der Waals surface area contributed by atoms with Crippen molar-refractivity contribution in [3.05, 3.63) is 30.3 Å². The summed E-state index contributed by atoms with van der Waals surface area (Å²) < 4.78 is 36.9. The number of alkyl halides is 3. The predicted octanol–water partition coefficient (Wildman–Crippen LogP) is 1.03. The molecule has 2 amide bonds. The normalized spacial score (nSPS) is 23.4. The highest BCUT2D eigenvalue weighted by molar-refractivity contribution is 5.99. The zero-order valence-corrected chi connectivity index (χ0v) is 13.2. The maximum absolute atomic E-state index is 12.4. The fourth-order valence-corrected chi connectivity index (χ4v) is 2.75. The van der Waals surface area contributed by atoms with Crippen LogP contribution in [0.1, 0.15) is 13.3 Å². The number of rotatable bonds is 4. The van der Waals surface area contributed by atoms with E-state index in [1.807, 2.05) is 5.32 Å². The van der Waals surface area contributed by atoms with E-state index in [4.69, 9.17) is 5.73 Å². The zero-order chi connectivity index (χ0) is 18.1. The number of nitrogens with one attached hydrogen (secondary N) is 1. The minimum absolute atomic E-state index is 0.106. The van der Waals surface area contributed by atoms with Gasteiger partial charge in [-0.15, -0.1) is 0 Å². The fraction of sp³-hybridized carbons (Fsp3) is 0.467. The van der Waals surface area contributed by atoms with Crippen LogP contribution in [0.15, 0.2) is 30.3 Å². The van der Waals surface area contributed by atoms with Gasteiger partial charge in [-0.25, -0.2) is 10.0 Å². The summed E-state index contributed by atoms with van der Waals surface area (Å²) in [5.74, 6) is -2.35. The fourth-order valence-electron chi connectivity index (χ4n) is 2.75. The van der Waals surface area contributed by atoms with Gasteiger partial charge in [-0.05, 0) is 25.5 Å².